The van der Waals surface area contributed by atoms with Gasteiger partial charge in [-0.05, 0) is 44.9 Å². The third kappa shape index (κ3) is 6.46. The number of rotatable bonds is 8. The van der Waals surface area contributed by atoms with Crippen LogP contribution in [-0.4, -0.2) is 69.1 Å². The quantitative estimate of drug-likeness (QED) is 0.524. The van der Waals surface area contributed by atoms with E-state index in [2.05, 4.69) is 24.9 Å². The van der Waals surface area contributed by atoms with Crippen molar-refractivity contribution in [2.75, 3.05) is 57.7 Å². The molecule has 0 aliphatic carbocycles. The predicted octanol–water partition coefficient (Wildman–Crippen LogP) is -0.550. The minimum atomic E-state index is 0.0573. The number of carbonyl (C=O) groups excluding carboxylic acids is 2. The molecule has 0 aromatic heterocycles. The first kappa shape index (κ1) is 22.1. The number of likely N-dealkylation sites (N-methyl/N-ethyl adjacent to an activating group) is 1. The van der Waals surface area contributed by atoms with Crippen LogP contribution in [0.15, 0.2) is 30.4 Å². The van der Waals surface area contributed by atoms with E-state index in [1.165, 1.54) is 15.4 Å². The summed E-state index contributed by atoms with van der Waals surface area (Å²) in [6.07, 6.45) is 0. The summed E-state index contributed by atoms with van der Waals surface area (Å²) in [6, 6.07) is 5.97. The van der Waals surface area contributed by atoms with Crippen LogP contribution >= 0.6 is 0 Å². The Labute approximate surface area is 169 Å². The maximum atomic E-state index is 12.5. The number of anilines is 1. The molecule has 0 bridgehead atoms. The number of nitrogens with one attached hydrogen (secondary N) is 3. The molecule has 0 unspecified atom stereocenters. The van der Waals surface area contributed by atoms with Gasteiger partial charge in [0.2, 0.25) is 0 Å². The molecule has 1 aromatic carbocycles. The van der Waals surface area contributed by atoms with E-state index in [9.17, 15) is 9.59 Å². The lowest BCUT2D eigenvalue weighted by Gasteiger charge is -2.30. The van der Waals surface area contributed by atoms with E-state index in [-0.39, 0.29) is 11.8 Å². The van der Waals surface area contributed by atoms with Gasteiger partial charge in [0, 0.05) is 18.8 Å². The van der Waals surface area contributed by atoms with Crippen LogP contribution in [-0.2, 0) is 9.59 Å². The van der Waals surface area contributed by atoms with Crippen LogP contribution < -0.4 is 15.1 Å². The molecule has 1 aromatic rings. The van der Waals surface area contributed by atoms with E-state index in [1.54, 1.807) is 0 Å². The molecule has 6 nitrogen and oxygen atoms in total. The summed E-state index contributed by atoms with van der Waals surface area (Å²) in [6.45, 7) is 18.0. The lowest BCUT2D eigenvalue weighted by Crippen LogP contribution is -3.28. The van der Waals surface area contributed by atoms with Crippen molar-refractivity contribution in [3.63, 3.8) is 0 Å². The second-order valence-electron chi connectivity index (χ2n) is 8.01. The normalized spacial score (nSPS) is 19.1. The van der Waals surface area contributed by atoms with Gasteiger partial charge in [0.15, 0.2) is 13.1 Å². The van der Waals surface area contributed by atoms with Crippen molar-refractivity contribution in [2.24, 2.45) is 0 Å². The van der Waals surface area contributed by atoms with Crippen molar-refractivity contribution in [2.45, 2.75) is 27.7 Å². The summed E-state index contributed by atoms with van der Waals surface area (Å²) in [4.78, 5) is 29.4. The second kappa shape index (κ2) is 10.4. The number of aryl methyl sites for hydroxylation is 1. The van der Waals surface area contributed by atoms with Crippen molar-refractivity contribution in [3.05, 3.63) is 41.5 Å². The van der Waals surface area contributed by atoms with Crippen LogP contribution in [0.25, 0.3) is 0 Å². The summed E-state index contributed by atoms with van der Waals surface area (Å²) < 4.78 is 0. The Balaban J connectivity index is 1.77. The number of hydrogen-bond acceptors (Lipinski definition) is 2. The van der Waals surface area contributed by atoms with Gasteiger partial charge in [-0.15, -0.1) is 0 Å². The summed E-state index contributed by atoms with van der Waals surface area (Å²) in [5.41, 5.74) is 4.21. The van der Waals surface area contributed by atoms with Crippen molar-refractivity contribution < 1.29 is 19.4 Å². The molecule has 6 heteroatoms. The third-order valence-corrected chi connectivity index (χ3v) is 5.55. The zero-order valence-corrected chi connectivity index (χ0v) is 17.9. The minimum Gasteiger partial charge on any atom is -0.334 e. The van der Waals surface area contributed by atoms with E-state index in [0.717, 1.165) is 49.5 Å². The number of benzene rings is 1. The zero-order valence-electron chi connectivity index (χ0n) is 17.9. The zero-order chi connectivity index (χ0) is 20.7. The molecule has 0 radical (unpaired) electrons. The molecule has 28 heavy (non-hydrogen) atoms. The fraction of sp³-hybridized carbons (Fsp3) is 0.545. The molecular weight excluding hydrogens is 352 g/mol. The van der Waals surface area contributed by atoms with Crippen LogP contribution in [0.3, 0.4) is 0 Å². The molecular formula is C22H36N4O2+2. The van der Waals surface area contributed by atoms with Gasteiger partial charge in [-0.1, -0.05) is 24.3 Å². The van der Waals surface area contributed by atoms with E-state index in [1.807, 2.05) is 37.8 Å². The van der Waals surface area contributed by atoms with Gasteiger partial charge in [-0.3, -0.25) is 9.59 Å². The average molecular weight is 389 g/mol. The highest BCUT2D eigenvalue weighted by atomic mass is 16.2. The molecule has 3 N–H and O–H groups in total. The minimum absolute atomic E-state index is 0.0573. The van der Waals surface area contributed by atoms with Crippen molar-refractivity contribution >= 4 is 17.5 Å². The first-order valence-electron chi connectivity index (χ1n) is 10.3. The maximum Gasteiger partial charge on any atom is 0.279 e. The summed E-state index contributed by atoms with van der Waals surface area (Å²) in [5.74, 6) is 0.249. The summed E-state index contributed by atoms with van der Waals surface area (Å²) in [5, 5.41) is 3.05. The largest absolute Gasteiger partial charge is 0.334 e. The molecule has 2 rings (SSSR count). The summed E-state index contributed by atoms with van der Waals surface area (Å²) in [7, 11) is 0. The summed E-state index contributed by atoms with van der Waals surface area (Å²) >= 11 is 0. The average Bonchev–Trinajstić information content (AvgIpc) is 2.65. The van der Waals surface area contributed by atoms with Gasteiger partial charge in [0.05, 0.1) is 0 Å². The van der Waals surface area contributed by atoms with Gasteiger partial charge in [-0.2, -0.15) is 0 Å². The number of nitrogens with zero attached hydrogens (tertiary/aromatic N) is 1. The van der Waals surface area contributed by atoms with E-state index >= 15 is 0 Å². The number of amides is 2. The Morgan fingerprint density at radius 3 is 2.29 bits per heavy atom. The number of hydrogen-bond donors (Lipinski definition) is 3. The van der Waals surface area contributed by atoms with Gasteiger partial charge in [-0.25, -0.2) is 0 Å². The molecule has 1 saturated heterocycles. The molecule has 0 saturated carbocycles. The maximum absolute atomic E-state index is 12.5. The molecule has 0 spiro atoms. The molecule has 154 valence electrons. The fourth-order valence-electron chi connectivity index (χ4n) is 3.65. The molecule has 1 heterocycles. The first-order valence-corrected chi connectivity index (χ1v) is 10.3. The predicted molar refractivity (Wildman–Crippen MR) is 113 cm³/mol. The Hall–Kier alpha value is -2.18. The van der Waals surface area contributed by atoms with Crippen LogP contribution in [0.2, 0.25) is 0 Å². The van der Waals surface area contributed by atoms with E-state index in [4.69, 9.17) is 0 Å². The van der Waals surface area contributed by atoms with E-state index < -0.39 is 0 Å². The van der Waals surface area contributed by atoms with Gasteiger partial charge in [0.25, 0.3) is 11.8 Å². The fourth-order valence-corrected chi connectivity index (χ4v) is 3.65. The van der Waals surface area contributed by atoms with Crippen LogP contribution in [0, 0.1) is 13.8 Å². The third-order valence-electron chi connectivity index (χ3n) is 5.55. The molecule has 1 aliphatic heterocycles. The van der Waals surface area contributed by atoms with Crippen LogP contribution in [0.4, 0.5) is 5.69 Å². The molecule has 1 fully saturated rings. The molecule has 0 atom stereocenters. The SMILES string of the molecule is C=C(C)CN(CC)C(=O)C[NH+]1CC[NH+](CC(=O)Nc2cccc(C)c2C)CC1. The molecule has 1 aliphatic rings. The van der Waals surface area contributed by atoms with Crippen LogP contribution in [0.1, 0.15) is 25.0 Å². The standard InChI is InChI=1S/C22H34N4O2/c1-6-26(14-17(2)3)22(28)16-25-12-10-24(11-13-25)15-21(27)23-20-9-7-8-18(4)19(20)5/h7-9H,2,6,10-16H2,1,3-5H3,(H,23,27)/p+2. The number of carbonyl (C=O) groups is 2. The van der Waals surface area contributed by atoms with E-state index in [0.29, 0.717) is 19.6 Å². The van der Waals surface area contributed by atoms with Crippen molar-refractivity contribution in [1.29, 1.82) is 0 Å². The monoisotopic (exact) mass is 388 g/mol. The topological polar surface area (TPSA) is 58.3 Å². The first-order chi connectivity index (χ1) is 13.3. The Morgan fingerprint density at radius 2 is 1.71 bits per heavy atom. The Kier molecular flexibility index (Phi) is 8.20. The van der Waals surface area contributed by atoms with Gasteiger partial charge in [0.1, 0.15) is 26.2 Å². The Morgan fingerprint density at radius 1 is 1.11 bits per heavy atom. The number of quaternary nitrogens is 2. The van der Waals surface area contributed by atoms with Crippen molar-refractivity contribution in [3.8, 4) is 0 Å². The van der Waals surface area contributed by atoms with Gasteiger partial charge >= 0.3 is 0 Å². The van der Waals surface area contributed by atoms with Crippen molar-refractivity contribution in [1.82, 2.24) is 4.90 Å². The van der Waals surface area contributed by atoms with Gasteiger partial charge < -0.3 is 20.0 Å². The highest BCUT2D eigenvalue weighted by Gasteiger charge is 2.27. The highest BCUT2D eigenvalue weighted by Crippen LogP contribution is 2.17. The Bertz CT molecular complexity index is 708. The smallest absolute Gasteiger partial charge is 0.279 e. The molecule has 2 amide bonds. The lowest BCUT2D eigenvalue weighted by molar-refractivity contribution is -1.00. The highest BCUT2D eigenvalue weighted by molar-refractivity contribution is 5.92. The lowest BCUT2D eigenvalue weighted by atomic mass is 10.1. The van der Waals surface area contributed by atoms with Crippen LogP contribution in [0.5, 0.6) is 0 Å². The number of piperazine rings is 1. The second-order valence-corrected chi connectivity index (χ2v) is 8.01.